The Bertz CT molecular complexity index is 356. The molecule has 0 spiro atoms. The molecule has 0 amide bonds. The Morgan fingerprint density at radius 1 is 0.947 bits per heavy atom. The highest BCUT2D eigenvalue weighted by Gasteiger charge is 2.38. The van der Waals surface area contributed by atoms with E-state index in [0.29, 0.717) is 0 Å². The van der Waals surface area contributed by atoms with Gasteiger partial charge in [0, 0.05) is 6.61 Å². The molecular weight excluding hydrogens is 231 g/mol. The van der Waals surface area contributed by atoms with E-state index >= 15 is 0 Å². The van der Waals surface area contributed by atoms with Crippen molar-refractivity contribution in [2.75, 3.05) is 6.61 Å². The minimum absolute atomic E-state index is 0.781. The molecule has 3 rings (SSSR count). The van der Waals surface area contributed by atoms with Gasteiger partial charge in [-0.05, 0) is 5.56 Å². The largest absolute Gasteiger partial charge is 0.377 e. The van der Waals surface area contributed by atoms with Crippen LogP contribution in [0.5, 0.6) is 0 Å². The van der Waals surface area contributed by atoms with Crippen LogP contribution in [0.4, 0.5) is 0 Å². The predicted octanol–water partition coefficient (Wildman–Crippen LogP) is 4.81. The first kappa shape index (κ1) is 13.2. The Hall–Kier alpha value is -0.755. The van der Waals surface area contributed by atoms with Crippen molar-refractivity contribution in [2.45, 2.75) is 63.1 Å². The summed E-state index contributed by atoms with van der Waals surface area (Å²) in [6, 6.07) is 10.5. The van der Waals surface area contributed by atoms with E-state index in [-0.39, 0.29) is 0 Å². The summed E-state index contributed by atoms with van der Waals surface area (Å²) in [5, 5.41) is 0. The van der Waals surface area contributed by atoms with Gasteiger partial charge < -0.3 is 4.74 Å². The van der Waals surface area contributed by atoms with Crippen molar-refractivity contribution in [3.8, 4) is 0 Å². The Labute approximate surface area is 117 Å². The minimum atomic E-state index is 0.781. The molecule has 102 valence electrons. The van der Waals surface area contributed by atoms with Gasteiger partial charge in [-0.15, -0.1) is 0 Å². The van der Waals surface area contributed by atoms with Gasteiger partial charge in [-0.3, -0.25) is 0 Å². The molecule has 2 heteroatoms. The summed E-state index contributed by atoms with van der Waals surface area (Å²) < 4.78 is 5.89. The molecule has 2 aliphatic rings. The molecule has 1 aromatic carbocycles. The lowest BCUT2D eigenvalue weighted by atomic mass is 9.26. The first-order valence-electron chi connectivity index (χ1n) is 8.05. The number of hydrogen-bond acceptors (Lipinski definition) is 1. The van der Waals surface area contributed by atoms with Crippen LogP contribution in [0, 0.1) is 0 Å². The van der Waals surface area contributed by atoms with Gasteiger partial charge in [-0.1, -0.05) is 86.8 Å². The topological polar surface area (TPSA) is 9.23 Å². The number of hydrogen-bond donors (Lipinski definition) is 0. The molecule has 0 aliphatic carbocycles. The highest BCUT2D eigenvalue weighted by Crippen LogP contribution is 2.47. The third-order valence-electron chi connectivity index (χ3n) is 5.22. The van der Waals surface area contributed by atoms with Crippen LogP contribution >= 0.6 is 0 Å². The van der Waals surface area contributed by atoms with Crippen LogP contribution in [0.1, 0.15) is 44.1 Å². The van der Waals surface area contributed by atoms with Crippen LogP contribution < -0.4 is 0 Å². The summed E-state index contributed by atoms with van der Waals surface area (Å²) in [7, 11) is 0. The second-order valence-corrected chi connectivity index (χ2v) is 6.37. The standard InChI is InChI=1S/C17H25BO/c1-2-6-15(7-3-1)14-19-13-12-18-16-8-4-9-17(18)11-5-10-16/h1-3,6-7,16-17H,4-5,8-14H2. The smallest absolute Gasteiger partial charge is 0.148 e. The van der Waals surface area contributed by atoms with Crippen molar-refractivity contribution in [3.63, 3.8) is 0 Å². The molecule has 1 nitrogen and oxygen atoms in total. The second-order valence-electron chi connectivity index (χ2n) is 6.37. The zero-order chi connectivity index (χ0) is 12.9. The lowest BCUT2D eigenvalue weighted by molar-refractivity contribution is 0.132. The molecule has 2 fully saturated rings. The van der Waals surface area contributed by atoms with Gasteiger partial charge in [-0.2, -0.15) is 0 Å². The normalized spacial score (nSPS) is 26.4. The van der Waals surface area contributed by atoms with E-state index in [2.05, 4.69) is 30.3 Å². The Balaban J connectivity index is 1.42. The van der Waals surface area contributed by atoms with E-state index in [0.717, 1.165) is 31.6 Å². The number of rotatable bonds is 5. The molecule has 0 aromatic heterocycles. The average Bonchev–Trinajstić information content (AvgIpc) is 2.44. The lowest BCUT2D eigenvalue weighted by Gasteiger charge is -2.40. The first-order valence-corrected chi connectivity index (χ1v) is 8.05. The summed E-state index contributed by atoms with van der Waals surface area (Å²) >= 11 is 0. The quantitative estimate of drug-likeness (QED) is 0.542. The van der Waals surface area contributed by atoms with Gasteiger partial charge in [0.25, 0.3) is 0 Å². The van der Waals surface area contributed by atoms with E-state index in [9.17, 15) is 0 Å². The maximum atomic E-state index is 5.89. The lowest BCUT2D eigenvalue weighted by Crippen LogP contribution is -2.35. The number of fused-ring (bicyclic) bond motifs is 2. The van der Waals surface area contributed by atoms with E-state index in [1.54, 1.807) is 0 Å². The molecule has 2 bridgehead atoms. The fraction of sp³-hybridized carbons (Fsp3) is 0.647. The molecule has 1 aromatic rings. The fourth-order valence-corrected chi connectivity index (χ4v) is 4.27. The summed E-state index contributed by atoms with van der Waals surface area (Å²) in [5.74, 6) is 2.04. The monoisotopic (exact) mass is 256 g/mol. The molecule has 0 unspecified atom stereocenters. The average molecular weight is 256 g/mol. The highest BCUT2D eigenvalue weighted by molar-refractivity contribution is 6.62. The third-order valence-corrected chi connectivity index (χ3v) is 5.22. The van der Waals surface area contributed by atoms with Crippen LogP contribution in [0.15, 0.2) is 30.3 Å². The Morgan fingerprint density at radius 3 is 2.21 bits per heavy atom. The van der Waals surface area contributed by atoms with E-state index in [1.165, 1.54) is 50.4 Å². The highest BCUT2D eigenvalue weighted by atomic mass is 16.5. The molecule has 0 N–H and O–H groups in total. The van der Waals surface area contributed by atoms with Gasteiger partial charge in [0.15, 0.2) is 0 Å². The molecular formula is C17H25BO. The number of benzene rings is 1. The summed E-state index contributed by atoms with van der Waals surface area (Å²) in [6.45, 7) is 2.70. The van der Waals surface area contributed by atoms with Gasteiger partial charge >= 0.3 is 0 Å². The van der Waals surface area contributed by atoms with Crippen molar-refractivity contribution in [3.05, 3.63) is 35.9 Å². The fourth-order valence-electron chi connectivity index (χ4n) is 4.27. The molecule has 0 saturated carbocycles. The Kier molecular flexibility index (Phi) is 4.60. The molecule has 2 aliphatic heterocycles. The Morgan fingerprint density at radius 2 is 1.58 bits per heavy atom. The van der Waals surface area contributed by atoms with E-state index < -0.39 is 0 Å². The van der Waals surface area contributed by atoms with Crippen LogP contribution in [0.2, 0.25) is 18.0 Å². The van der Waals surface area contributed by atoms with Crippen molar-refractivity contribution in [1.82, 2.24) is 0 Å². The zero-order valence-corrected chi connectivity index (χ0v) is 11.9. The van der Waals surface area contributed by atoms with Crippen molar-refractivity contribution < 1.29 is 4.74 Å². The molecule has 0 radical (unpaired) electrons. The zero-order valence-electron chi connectivity index (χ0n) is 11.9. The SMILES string of the molecule is c1ccc(COCCB2C3CCCC2CCC3)cc1. The van der Waals surface area contributed by atoms with Crippen LogP contribution in [-0.4, -0.2) is 13.3 Å². The predicted molar refractivity (Wildman–Crippen MR) is 81.9 cm³/mol. The molecule has 19 heavy (non-hydrogen) atoms. The van der Waals surface area contributed by atoms with Crippen molar-refractivity contribution >= 4 is 6.71 Å². The van der Waals surface area contributed by atoms with Gasteiger partial charge in [0.2, 0.25) is 0 Å². The summed E-state index contributed by atoms with van der Waals surface area (Å²) in [4.78, 5) is 0. The first-order chi connectivity index (χ1) is 9.43. The van der Waals surface area contributed by atoms with E-state index in [4.69, 9.17) is 4.74 Å². The second kappa shape index (κ2) is 6.61. The summed E-state index contributed by atoms with van der Waals surface area (Å²) in [5.41, 5.74) is 1.30. The molecule has 2 heterocycles. The van der Waals surface area contributed by atoms with Gasteiger partial charge in [-0.25, -0.2) is 0 Å². The number of ether oxygens (including phenoxy) is 1. The van der Waals surface area contributed by atoms with Gasteiger partial charge in [0.1, 0.15) is 6.71 Å². The molecule has 0 atom stereocenters. The van der Waals surface area contributed by atoms with Crippen molar-refractivity contribution in [1.29, 1.82) is 0 Å². The summed E-state index contributed by atoms with van der Waals surface area (Å²) in [6.07, 6.45) is 10.2. The van der Waals surface area contributed by atoms with Crippen molar-refractivity contribution in [2.24, 2.45) is 0 Å². The minimum Gasteiger partial charge on any atom is -0.377 e. The van der Waals surface area contributed by atoms with Crippen LogP contribution in [0.3, 0.4) is 0 Å². The van der Waals surface area contributed by atoms with Crippen LogP contribution in [-0.2, 0) is 11.3 Å². The van der Waals surface area contributed by atoms with Crippen LogP contribution in [0.25, 0.3) is 0 Å². The maximum absolute atomic E-state index is 5.89. The van der Waals surface area contributed by atoms with E-state index in [1.807, 2.05) is 0 Å². The maximum Gasteiger partial charge on any atom is 0.148 e. The molecule has 2 saturated heterocycles. The van der Waals surface area contributed by atoms with Gasteiger partial charge in [0.05, 0.1) is 6.61 Å². The third kappa shape index (κ3) is 3.42.